The van der Waals surface area contributed by atoms with E-state index in [2.05, 4.69) is 0 Å². The van der Waals surface area contributed by atoms with Crippen molar-refractivity contribution >= 4 is 29.5 Å². The second kappa shape index (κ2) is 1.36. The Hall–Kier alpha value is 0.250. The third-order valence-electron chi connectivity index (χ3n) is 1.04. The van der Waals surface area contributed by atoms with Gasteiger partial charge in [-0.2, -0.15) is 0 Å². The summed E-state index contributed by atoms with van der Waals surface area (Å²) in [6, 6.07) is 0. The quantitative estimate of drug-likeness (QED) is 0.396. The Bertz CT molecular complexity index is 99.9. The molecule has 1 fully saturated rings. The van der Waals surface area contributed by atoms with Crippen molar-refractivity contribution < 1.29 is 4.79 Å². The molecule has 40 valence electrons. The fourth-order valence-electron chi connectivity index (χ4n) is 0.382. The van der Waals surface area contributed by atoms with Gasteiger partial charge in [-0.3, -0.25) is 0 Å². The zero-order chi connectivity index (χ0) is 5.49. The van der Waals surface area contributed by atoms with E-state index in [1.54, 1.807) is 0 Å². The Labute approximate surface area is 51.6 Å². The first-order valence-electron chi connectivity index (χ1n) is 2.00. The Morgan fingerprint density at radius 2 is 2.14 bits per heavy atom. The lowest BCUT2D eigenvalue weighted by Gasteiger charge is -1.84. The van der Waals surface area contributed by atoms with Crippen LogP contribution in [0.3, 0.4) is 0 Å². The SMILES string of the molecule is O=CC1CC1(Cl)Cl. The molecule has 7 heavy (non-hydrogen) atoms. The smallest absolute Gasteiger partial charge is 0.128 e. The van der Waals surface area contributed by atoms with Crippen molar-refractivity contribution in [3.05, 3.63) is 0 Å². The molecule has 0 amide bonds. The third kappa shape index (κ3) is 0.892. The Kier molecular flexibility index (Phi) is 1.05. The lowest BCUT2D eigenvalue weighted by molar-refractivity contribution is -0.108. The van der Waals surface area contributed by atoms with Gasteiger partial charge in [0.25, 0.3) is 0 Å². The first-order valence-corrected chi connectivity index (χ1v) is 2.75. The van der Waals surface area contributed by atoms with Crippen molar-refractivity contribution in [1.29, 1.82) is 0 Å². The molecule has 1 aliphatic carbocycles. The number of hydrogen-bond donors (Lipinski definition) is 0. The first-order chi connectivity index (χ1) is 3.17. The van der Waals surface area contributed by atoms with Gasteiger partial charge in [0.05, 0.1) is 5.92 Å². The van der Waals surface area contributed by atoms with E-state index in [0.717, 1.165) is 6.29 Å². The van der Waals surface area contributed by atoms with Gasteiger partial charge in [-0.25, -0.2) is 0 Å². The number of carbonyl (C=O) groups is 1. The maximum Gasteiger partial charge on any atom is 0.128 e. The lowest BCUT2D eigenvalue weighted by Crippen LogP contribution is -1.88. The predicted molar refractivity (Wildman–Crippen MR) is 28.6 cm³/mol. The monoisotopic (exact) mass is 138 g/mol. The van der Waals surface area contributed by atoms with E-state index >= 15 is 0 Å². The summed E-state index contributed by atoms with van der Waals surface area (Å²) in [6.07, 6.45) is 1.42. The number of halogens is 2. The van der Waals surface area contributed by atoms with E-state index in [9.17, 15) is 4.79 Å². The van der Waals surface area contributed by atoms with Crippen molar-refractivity contribution in [2.24, 2.45) is 5.92 Å². The minimum atomic E-state index is -0.707. The van der Waals surface area contributed by atoms with Crippen molar-refractivity contribution in [3.8, 4) is 0 Å². The predicted octanol–water partition coefficient (Wildman–Crippen LogP) is 1.38. The molecule has 1 saturated carbocycles. The zero-order valence-electron chi connectivity index (χ0n) is 3.53. The van der Waals surface area contributed by atoms with Crippen LogP contribution in [0.1, 0.15) is 6.42 Å². The number of aldehydes is 1. The minimum absolute atomic E-state index is 0.101. The molecule has 1 aliphatic rings. The highest BCUT2D eigenvalue weighted by Crippen LogP contribution is 2.51. The molecule has 0 aromatic rings. The van der Waals surface area contributed by atoms with Crippen LogP contribution in [0.4, 0.5) is 0 Å². The molecule has 0 aromatic carbocycles. The molecule has 0 spiro atoms. The maximum absolute atomic E-state index is 9.81. The summed E-state index contributed by atoms with van der Waals surface area (Å²) in [4.78, 5) is 9.81. The minimum Gasteiger partial charge on any atom is -0.303 e. The number of hydrogen-bond acceptors (Lipinski definition) is 1. The summed E-state index contributed by atoms with van der Waals surface area (Å²) in [6.45, 7) is 0. The van der Waals surface area contributed by atoms with Gasteiger partial charge < -0.3 is 4.79 Å². The van der Waals surface area contributed by atoms with Crippen molar-refractivity contribution in [2.75, 3.05) is 0 Å². The second-order valence-corrected chi connectivity index (χ2v) is 3.25. The molecule has 3 heteroatoms. The van der Waals surface area contributed by atoms with E-state index in [0.29, 0.717) is 6.42 Å². The fourth-order valence-corrected chi connectivity index (χ4v) is 0.817. The molecule has 0 radical (unpaired) electrons. The lowest BCUT2D eigenvalue weighted by atomic mass is 10.5. The third-order valence-corrected chi connectivity index (χ3v) is 1.91. The molecule has 1 atom stereocenters. The molecule has 0 aromatic heterocycles. The molecular weight excluding hydrogens is 135 g/mol. The van der Waals surface area contributed by atoms with Gasteiger partial charge in [0.15, 0.2) is 0 Å². The van der Waals surface area contributed by atoms with Gasteiger partial charge in [-0.1, -0.05) is 0 Å². The van der Waals surface area contributed by atoms with Crippen LogP contribution in [0.5, 0.6) is 0 Å². The van der Waals surface area contributed by atoms with Crippen LogP contribution in [-0.2, 0) is 4.79 Å². The topological polar surface area (TPSA) is 17.1 Å². The highest BCUT2D eigenvalue weighted by Gasteiger charge is 2.51. The Morgan fingerprint density at radius 3 is 2.14 bits per heavy atom. The summed E-state index contributed by atoms with van der Waals surface area (Å²) in [7, 11) is 0. The largest absolute Gasteiger partial charge is 0.303 e. The van der Waals surface area contributed by atoms with E-state index in [1.165, 1.54) is 0 Å². The van der Waals surface area contributed by atoms with Crippen molar-refractivity contribution in [1.82, 2.24) is 0 Å². The van der Waals surface area contributed by atoms with Gasteiger partial charge >= 0.3 is 0 Å². The van der Waals surface area contributed by atoms with E-state index in [1.807, 2.05) is 0 Å². The van der Waals surface area contributed by atoms with Crippen LogP contribution in [0.2, 0.25) is 0 Å². The molecule has 1 nitrogen and oxygen atoms in total. The summed E-state index contributed by atoms with van der Waals surface area (Å²) in [5, 5.41) is 0. The standard InChI is InChI=1S/C4H4Cl2O/c5-4(6)1-3(4)2-7/h2-3H,1H2. The van der Waals surface area contributed by atoms with Gasteiger partial charge in [0.2, 0.25) is 0 Å². The normalized spacial score (nSPS) is 34.9. The Balaban J connectivity index is 2.44. The van der Waals surface area contributed by atoms with Crippen LogP contribution in [0.25, 0.3) is 0 Å². The highest BCUT2D eigenvalue weighted by atomic mass is 35.5. The summed E-state index contributed by atoms with van der Waals surface area (Å²) < 4.78 is -0.707. The van der Waals surface area contributed by atoms with Crippen LogP contribution in [0.15, 0.2) is 0 Å². The van der Waals surface area contributed by atoms with Crippen LogP contribution in [-0.4, -0.2) is 10.6 Å². The van der Waals surface area contributed by atoms with Crippen LogP contribution < -0.4 is 0 Å². The van der Waals surface area contributed by atoms with Gasteiger partial charge in [0, 0.05) is 0 Å². The van der Waals surface area contributed by atoms with Crippen LogP contribution >= 0.6 is 23.2 Å². The van der Waals surface area contributed by atoms with E-state index in [-0.39, 0.29) is 5.92 Å². The van der Waals surface area contributed by atoms with E-state index in [4.69, 9.17) is 23.2 Å². The number of alkyl halides is 2. The summed E-state index contributed by atoms with van der Waals surface area (Å²) >= 11 is 10.9. The second-order valence-electron chi connectivity index (χ2n) is 1.71. The molecular formula is C4H4Cl2O. The molecule has 0 aliphatic heterocycles. The van der Waals surface area contributed by atoms with Gasteiger partial charge in [-0.15, -0.1) is 23.2 Å². The molecule has 0 heterocycles. The number of rotatable bonds is 1. The first kappa shape index (κ1) is 5.39. The zero-order valence-corrected chi connectivity index (χ0v) is 5.04. The molecule has 0 saturated heterocycles. The average Bonchev–Trinajstić information content (AvgIpc) is 2.13. The summed E-state index contributed by atoms with van der Waals surface area (Å²) in [5.74, 6) is -0.101. The maximum atomic E-state index is 9.81. The highest BCUT2D eigenvalue weighted by molar-refractivity contribution is 6.51. The van der Waals surface area contributed by atoms with Crippen LogP contribution in [0, 0.1) is 5.92 Å². The van der Waals surface area contributed by atoms with Crippen molar-refractivity contribution in [3.63, 3.8) is 0 Å². The molecule has 0 N–H and O–H groups in total. The van der Waals surface area contributed by atoms with Gasteiger partial charge in [-0.05, 0) is 6.42 Å². The van der Waals surface area contributed by atoms with Crippen molar-refractivity contribution in [2.45, 2.75) is 10.8 Å². The molecule has 1 rings (SSSR count). The van der Waals surface area contributed by atoms with E-state index < -0.39 is 4.33 Å². The average molecular weight is 139 g/mol. The Morgan fingerprint density at radius 1 is 1.71 bits per heavy atom. The summed E-state index contributed by atoms with van der Waals surface area (Å²) in [5.41, 5.74) is 0. The molecule has 1 unspecified atom stereocenters. The number of carbonyl (C=O) groups excluding carboxylic acids is 1. The molecule has 0 bridgehead atoms. The van der Waals surface area contributed by atoms with Gasteiger partial charge in [0.1, 0.15) is 10.6 Å². The fraction of sp³-hybridized carbons (Fsp3) is 0.750.